The van der Waals surface area contributed by atoms with Crippen LogP contribution in [0, 0.1) is 0 Å². The monoisotopic (exact) mass is 231 g/mol. The molecule has 4 nitrogen and oxygen atoms in total. The maximum atomic E-state index is 9.11. The Labute approximate surface area is 93.7 Å². The second-order valence-corrected chi connectivity index (χ2v) is 4.69. The van der Waals surface area contributed by atoms with E-state index in [1.165, 1.54) is 11.8 Å². The zero-order chi connectivity index (χ0) is 11.3. The maximum Gasteiger partial charge on any atom is 0.204 e. The highest BCUT2D eigenvalue weighted by Crippen LogP contribution is 2.18. The van der Waals surface area contributed by atoms with Gasteiger partial charge in [0.2, 0.25) is 5.89 Å². The topological polar surface area (TPSA) is 66.5 Å². The summed E-state index contributed by atoms with van der Waals surface area (Å²) in [6.45, 7) is 3.90. The zero-order valence-electron chi connectivity index (χ0n) is 9.01. The number of aliphatic hydroxyl groups is 2. The van der Waals surface area contributed by atoms with Crippen LogP contribution in [0.2, 0.25) is 0 Å². The highest BCUT2D eigenvalue weighted by atomic mass is 32.2. The predicted octanol–water partition coefficient (Wildman–Crippen LogP) is 1.38. The number of hydrogen-bond acceptors (Lipinski definition) is 5. The van der Waals surface area contributed by atoms with Crippen LogP contribution in [0.1, 0.15) is 31.4 Å². The molecule has 5 heteroatoms. The van der Waals surface area contributed by atoms with Gasteiger partial charge in [0.05, 0.1) is 24.7 Å². The Morgan fingerprint density at radius 2 is 2.27 bits per heavy atom. The molecule has 1 aromatic heterocycles. The molecule has 0 aliphatic carbocycles. The summed E-state index contributed by atoms with van der Waals surface area (Å²) >= 11 is 1.50. The van der Waals surface area contributed by atoms with Crippen LogP contribution in [0.5, 0.6) is 0 Å². The average molecular weight is 231 g/mol. The molecule has 0 saturated carbocycles. The van der Waals surface area contributed by atoms with Gasteiger partial charge < -0.3 is 14.6 Å². The minimum Gasteiger partial charge on any atom is -0.445 e. The highest BCUT2D eigenvalue weighted by molar-refractivity contribution is 7.98. The van der Waals surface area contributed by atoms with Crippen molar-refractivity contribution < 1.29 is 14.6 Å². The smallest absolute Gasteiger partial charge is 0.204 e. The first-order valence-corrected chi connectivity index (χ1v) is 6.10. The number of hydrogen-bond donors (Lipinski definition) is 2. The van der Waals surface area contributed by atoms with Gasteiger partial charge in [-0.25, -0.2) is 4.98 Å². The Balaban J connectivity index is 2.31. The molecule has 86 valence electrons. The van der Waals surface area contributed by atoms with Crippen LogP contribution in [-0.4, -0.2) is 33.7 Å². The standard InChI is InChI=1S/C10H17NO3S/c1-7(2)9-3-11-10(14-9)6-15-5-8(13)4-12/h3,7-8,12-13H,4-6H2,1-2H3/t8-/m0/s1. The molecule has 0 bridgehead atoms. The molecule has 0 amide bonds. The summed E-state index contributed by atoms with van der Waals surface area (Å²) in [5.41, 5.74) is 0. The Kier molecular flexibility index (Phi) is 5.14. The van der Waals surface area contributed by atoms with Crippen LogP contribution in [0.4, 0.5) is 0 Å². The molecular formula is C10H17NO3S. The Morgan fingerprint density at radius 1 is 1.53 bits per heavy atom. The van der Waals surface area contributed by atoms with E-state index in [1.54, 1.807) is 6.20 Å². The van der Waals surface area contributed by atoms with E-state index in [4.69, 9.17) is 14.6 Å². The van der Waals surface area contributed by atoms with Crippen LogP contribution in [0.3, 0.4) is 0 Å². The maximum absolute atomic E-state index is 9.11. The van der Waals surface area contributed by atoms with Crippen molar-refractivity contribution in [3.8, 4) is 0 Å². The first-order valence-electron chi connectivity index (χ1n) is 4.94. The second kappa shape index (κ2) is 6.15. The minimum atomic E-state index is -0.658. The molecular weight excluding hydrogens is 214 g/mol. The summed E-state index contributed by atoms with van der Waals surface area (Å²) in [5, 5.41) is 17.7. The molecule has 0 aliphatic heterocycles. The number of rotatable bonds is 6. The lowest BCUT2D eigenvalue weighted by atomic mass is 10.2. The van der Waals surface area contributed by atoms with E-state index >= 15 is 0 Å². The fourth-order valence-corrected chi connectivity index (χ4v) is 1.80. The number of aromatic nitrogens is 1. The molecule has 1 heterocycles. The van der Waals surface area contributed by atoms with Crippen molar-refractivity contribution in [2.24, 2.45) is 0 Å². The van der Waals surface area contributed by atoms with Crippen molar-refractivity contribution in [3.63, 3.8) is 0 Å². The van der Waals surface area contributed by atoms with Gasteiger partial charge in [0.25, 0.3) is 0 Å². The van der Waals surface area contributed by atoms with Gasteiger partial charge in [-0.15, -0.1) is 11.8 Å². The first-order chi connectivity index (χ1) is 7.13. The third-order valence-electron chi connectivity index (χ3n) is 1.89. The summed E-state index contributed by atoms with van der Waals surface area (Å²) in [7, 11) is 0. The summed E-state index contributed by atoms with van der Waals surface area (Å²) in [6.07, 6.45) is 1.08. The van der Waals surface area contributed by atoms with Gasteiger partial charge in [0.1, 0.15) is 5.76 Å². The summed E-state index contributed by atoms with van der Waals surface area (Å²) in [4.78, 5) is 4.13. The van der Waals surface area contributed by atoms with Crippen molar-refractivity contribution in [2.45, 2.75) is 31.6 Å². The van der Waals surface area contributed by atoms with E-state index < -0.39 is 6.10 Å². The SMILES string of the molecule is CC(C)c1cnc(CSC[C@@H](O)CO)o1. The zero-order valence-corrected chi connectivity index (χ0v) is 9.83. The number of nitrogens with zero attached hydrogens (tertiary/aromatic N) is 1. The van der Waals surface area contributed by atoms with Crippen LogP contribution in [-0.2, 0) is 5.75 Å². The van der Waals surface area contributed by atoms with Crippen LogP contribution in [0.15, 0.2) is 10.6 Å². The van der Waals surface area contributed by atoms with Gasteiger partial charge in [0, 0.05) is 11.7 Å². The van der Waals surface area contributed by atoms with E-state index in [1.807, 2.05) is 13.8 Å². The third kappa shape index (κ3) is 4.24. The Bertz CT molecular complexity index is 288. The van der Waals surface area contributed by atoms with Gasteiger partial charge in [-0.1, -0.05) is 13.8 Å². The van der Waals surface area contributed by atoms with Crippen LogP contribution < -0.4 is 0 Å². The molecule has 0 fully saturated rings. The predicted molar refractivity (Wildman–Crippen MR) is 59.8 cm³/mol. The summed E-state index contributed by atoms with van der Waals surface area (Å²) in [5.74, 6) is 3.03. The fraction of sp³-hybridized carbons (Fsp3) is 0.700. The normalized spacial score (nSPS) is 13.4. The quantitative estimate of drug-likeness (QED) is 0.774. The molecule has 0 aliphatic rings. The third-order valence-corrected chi connectivity index (χ3v) is 2.96. The lowest BCUT2D eigenvalue weighted by Gasteiger charge is -2.04. The van der Waals surface area contributed by atoms with Gasteiger partial charge in [0.15, 0.2) is 0 Å². The van der Waals surface area contributed by atoms with E-state index in [9.17, 15) is 0 Å². The molecule has 2 N–H and O–H groups in total. The Hall–Kier alpha value is -0.520. The van der Waals surface area contributed by atoms with Gasteiger partial charge in [-0.2, -0.15) is 0 Å². The molecule has 0 aromatic carbocycles. The van der Waals surface area contributed by atoms with Gasteiger partial charge in [-0.3, -0.25) is 0 Å². The molecule has 15 heavy (non-hydrogen) atoms. The number of oxazole rings is 1. The highest BCUT2D eigenvalue weighted by Gasteiger charge is 2.08. The molecule has 0 radical (unpaired) electrons. The number of aliphatic hydroxyl groups excluding tert-OH is 2. The van der Waals surface area contributed by atoms with Crippen molar-refractivity contribution in [1.82, 2.24) is 4.98 Å². The van der Waals surface area contributed by atoms with Crippen molar-refractivity contribution >= 4 is 11.8 Å². The Morgan fingerprint density at radius 3 is 2.80 bits per heavy atom. The largest absolute Gasteiger partial charge is 0.445 e. The van der Waals surface area contributed by atoms with Gasteiger partial charge in [-0.05, 0) is 0 Å². The fourth-order valence-electron chi connectivity index (χ4n) is 0.993. The van der Waals surface area contributed by atoms with E-state index in [-0.39, 0.29) is 6.61 Å². The van der Waals surface area contributed by atoms with E-state index in [0.717, 1.165) is 5.76 Å². The van der Waals surface area contributed by atoms with Crippen molar-refractivity contribution in [3.05, 3.63) is 17.8 Å². The van der Waals surface area contributed by atoms with Crippen molar-refractivity contribution in [1.29, 1.82) is 0 Å². The molecule has 0 saturated heterocycles. The molecule has 0 unspecified atom stereocenters. The first kappa shape index (κ1) is 12.5. The van der Waals surface area contributed by atoms with E-state index in [2.05, 4.69) is 4.98 Å². The summed E-state index contributed by atoms with van der Waals surface area (Å²) < 4.78 is 5.48. The lowest BCUT2D eigenvalue weighted by Crippen LogP contribution is -2.14. The van der Waals surface area contributed by atoms with Crippen LogP contribution in [0.25, 0.3) is 0 Å². The molecule has 1 atom stereocenters. The van der Waals surface area contributed by atoms with Crippen LogP contribution >= 0.6 is 11.8 Å². The molecule has 1 aromatic rings. The number of thioether (sulfide) groups is 1. The van der Waals surface area contributed by atoms with Gasteiger partial charge >= 0.3 is 0 Å². The molecule has 0 spiro atoms. The molecule has 1 rings (SSSR count). The van der Waals surface area contributed by atoms with Crippen molar-refractivity contribution in [2.75, 3.05) is 12.4 Å². The minimum absolute atomic E-state index is 0.199. The van der Waals surface area contributed by atoms with E-state index in [0.29, 0.717) is 23.3 Å². The average Bonchev–Trinajstić information content (AvgIpc) is 2.66. The summed E-state index contributed by atoms with van der Waals surface area (Å²) in [6, 6.07) is 0. The lowest BCUT2D eigenvalue weighted by molar-refractivity contribution is 0.113. The second-order valence-electron chi connectivity index (χ2n) is 3.66.